The highest BCUT2D eigenvalue weighted by Gasteiger charge is 1.98. The Bertz CT molecular complexity index is 117. The van der Waals surface area contributed by atoms with E-state index in [4.69, 9.17) is 5.11 Å². The third-order valence-electron chi connectivity index (χ3n) is 0.760. The molecule has 0 aliphatic rings. The van der Waals surface area contributed by atoms with Crippen molar-refractivity contribution in [2.45, 2.75) is 6.92 Å². The zero-order chi connectivity index (χ0) is 7.28. The lowest BCUT2D eigenvalue weighted by atomic mass is 10.4. The van der Waals surface area contributed by atoms with Gasteiger partial charge in [0.25, 0.3) is 0 Å². The van der Waals surface area contributed by atoms with Crippen LogP contribution in [0.25, 0.3) is 0 Å². The molecular formula is C6H10O3. The minimum Gasteiger partial charge on any atom is -0.488 e. The van der Waals surface area contributed by atoms with Crippen LogP contribution in [0.5, 0.6) is 0 Å². The van der Waals surface area contributed by atoms with E-state index in [-0.39, 0.29) is 24.8 Å². The zero-order valence-electron chi connectivity index (χ0n) is 5.39. The number of ketones is 1. The average Bonchev–Trinajstić information content (AvgIpc) is 1.82. The van der Waals surface area contributed by atoms with Crippen LogP contribution in [0.3, 0.4) is 0 Å². The molecule has 52 valence electrons. The third-order valence-corrected chi connectivity index (χ3v) is 0.760. The molecule has 0 aromatic heterocycles. The first-order valence-corrected chi connectivity index (χ1v) is 2.62. The highest BCUT2D eigenvalue weighted by molar-refractivity contribution is 5.90. The maximum atomic E-state index is 10.3. The Labute approximate surface area is 53.9 Å². The maximum absolute atomic E-state index is 10.3. The van der Waals surface area contributed by atoms with Crippen molar-refractivity contribution in [3.05, 3.63) is 12.3 Å². The van der Waals surface area contributed by atoms with Crippen LogP contribution >= 0.6 is 0 Å². The molecular weight excluding hydrogens is 120 g/mol. The number of rotatable bonds is 4. The first kappa shape index (κ1) is 8.17. The number of hydrogen-bond donors (Lipinski definition) is 1. The summed E-state index contributed by atoms with van der Waals surface area (Å²) < 4.78 is 4.66. The van der Waals surface area contributed by atoms with Crippen molar-refractivity contribution in [1.29, 1.82) is 0 Å². The third kappa shape index (κ3) is 3.73. The van der Waals surface area contributed by atoms with Crippen LogP contribution < -0.4 is 0 Å². The minimum absolute atomic E-state index is 0.0910. The molecule has 0 saturated carbocycles. The summed E-state index contributed by atoms with van der Waals surface area (Å²) in [5.41, 5.74) is 0. The fourth-order valence-electron chi connectivity index (χ4n) is 0.270. The molecule has 3 heteroatoms. The maximum Gasteiger partial charge on any atom is 0.193 e. The van der Waals surface area contributed by atoms with E-state index in [0.717, 1.165) is 0 Å². The topological polar surface area (TPSA) is 46.5 Å². The summed E-state index contributed by atoms with van der Waals surface area (Å²) in [7, 11) is 0. The number of ether oxygens (including phenoxy) is 1. The second-order valence-corrected chi connectivity index (χ2v) is 1.55. The fourth-order valence-corrected chi connectivity index (χ4v) is 0.270. The van der Waals surface area contributed by atoms with E-state index in [1.54, 1.807) is 0 Å². The van der Waals surface area contributed by atoms with E-state index >= 15 is 0 Å². The molecule has 9 heavy (non-hydrogen) atoms. The van der Waals surface area contributed by atoms with Crippen LogP contribution in [0.4, 0.5) is 0 Å². The van der Waals surface area contributed by atoms with E-state index < -0.39 is 0 Å². The van der Waals surface area contributed by atoms with E-state index in [0.29, 0.717) is 0 Å². The Morgan fingerprint density at radius 1 is 1.78 bits per heavy atom. The molecule has 0 saturated heterocycles. The van der Waals surface area contributed by atoms with Gasteiger partial charge in [-0.15, -0.1) is 0 Å². The number of carbonyl (C=O) groups excluding carboxylic acids is 1. The SMILES string of the molecule is C=C(OCCO)C(C)=O. The van der Waals surface area contributed by atoms with Gasteiger partial charge in [-0.05, 0) is 0 Å². The Morgan fingerprint density at radius 3 is 2.67 bits per heavy atom. The van der Waals surface area contributed by atoms with Gasteiger partial charge in [-0.3, -0.25) is 4.79 Å². The van der Waals surface area contributed by atoms with Gasteiger partial charge in [-0.2, -0.15) is 0 Å². The number of Topliss-reactive ketones (excluding diaryl/α,β-unsaturated/α-hetero) is 1. The van der Waals surface area contributed by atoms with E-state index in [9.17, 15) is 4.79 Å². The number of hydrogen-bond acceptors (Lipinski definition) is 3. The molecule has 0 amide bonds. The molecule has 0 heterocycles. The van der Waals surface area contributed by atoms with Crippen LogP contribution in [-0.2, 0) is 9.53 Å². The first-order valence-electron chi connectivity index (χ1n) is 2.62. The van der Waals surface area contributed by atoms with Crippen molar-refractivity contribution in [1.82, 2.24) is 0 Å². The van der Waals surface area contributed by atoms with Crippen LogP contribution in [-0.4, -0.2) is 24.1 Å². The lowest BCUT2D eigenvalue weighted by Gasteiger charge is -2.01. The molecule has 0 aromatic rings. The summed E-state index contributed by atoms with van der Waals surface area (Å²) in [6, 6.07) is 0. The van der Waals surface area contributed by atoms with Crippen molar-refractivity contribution in [2.24, 2.45) is 0 Å². The molecule has 0 unspecified atom stereocenters. The normalized spacial score (nSPS) is 8.67. The monoisotopic (exact) mass is 130 g/mol. The molecule has 0 aromatic carbocycles. The van der Waals surface area contributed by atoms with Gasteiger partial charge < -0.3 is 9.84 Å². The average molecular weight is 130 g/mol. The molecule has 0 fully saturated rings. The zero-order valence-corrected chi connectivity index (χ0v) is 5.39. The smallest absolute Gasteiger partial charge is 0.193 e. The summed E-state index contributed by atoms with van der Waals surface area (Å²) in [6.45, 7) is 4.72. The molecule has 0 aliphatic carbocycles. The number of carbonyl (C=O) groups is 1. The van der Waals surface area contributed by atoms with Gasteiger partial charge >= 0.3 is 0 Å². The van der Waals surface area contributed by atoms with Crippen molar-refractivity contribution in [3.8, 4) is 0 Å². The summed E-state index contributed by atoms with van der Waals surface area (Å²) in [6.07, 6.45) is 0. The highest BCUT2D eigenvalue weighted by atomic mass is 16.5. The molecule has 1 N–H and O–H groups in total. The van der Waals surface area contributed by atoms with Crippen molar-refractivity contribution >= 4 is 5.78 Å². The van der Waals surface area contributed by atoms with Gasteiger partial charge in [0.1, 0.15) is 6.61 Å². The molecule has 0 radical (unpaired) electrons. The molecule has 0 spiro atoms. The fraction of sp³-hybridized carbons (Fsp3) is 0.500. The van der Waals surface area contributed by atoms with Gasteiger partial charge in [0.15, 0.2) is 11.5 Å². The number of aliphatic hydroxyl groups excluding tert-OH is 1. The molecule has 0 aliphatic heterocycles. The predicted octanol–water partition coefficient (Wildman–Crippen LogP) is 0.0980. The lowest BCUT2D eigenvalue weighted by molar-refractivity contribution is -0.116. The summed E-state index contributed by atoms with van der Waals surface area (Å²) >= 11 is 0. The minimum atomic E-state index is -0.205. The van der Waals surface area contributed by atoms with E-state index in [2.05, 4.69) is 11.3 Å². The quantitative estimate of drug-likeness (QED) is 0.433. The molecule has 3 nitrogen and oxygen atoms in total. The van der Waals surface area contributed by atoms with Gasteiger partial charge in [0.2, 0.25) is 0 Å². The van der Waals surface area contributed by atoms with Crippen LogP contribution in [0.1, 0.15) is 6.92 Å². The van der Waals surface area contributed by atoms with Gasteiger partial charge in [0, 0.05) is 6.92 Å². The Hall–Kier alpha value is -0.830. The van der Waals surface area contributed by atoms with Crippen LogP contribution in [0.15, 0.2) is 12.3 Å². The number of allylic oxidation sites excluding steroid dienone is 1. The predicted molar refractivity (Wildman–Crippen MR) is 32.9 cm³/mol. The number of aliphatic hydroxyl groups is 1. The Balaban J connectivity index is 3.39. The van der Waals surface area contributed by atoms with Gasteiger partial charge in [-0.1, -0.05) is 6.58 Å². The second kappa shape index (κ2) is 4.09. The van der Waals surface area contributed by atoms with Crippen molar-refractivity contribution in [3.63, 3.8) is 0 Å². The second-order valence-electron chi connectivity index (χ2n) is 1.55. The summed E-state index contributed by atoms with van der Waals surface area (Å²) in [5.74, 6) is -0.104. The molecule has 0 atom stereocenters. The Morgan fingerprint density at radius 2 is 2.33 bits per heavy atom. The van der Waals surface area contributed by atoms with Gasteiger partial charge in [-0.25, -0.2) is 0 Å². The van der Waals surface area contributed by atoms with Crippen LogP contribution in [0.2, 0.25) is 0 Å². The van der Waals surface area contributed by atoms with E-state index in [1.165, 1.54) is 6.92 Å². The van der Waals surface area contributed by atoms with Crippen molar-refractivity contribution < 1.29 is 14.6 Å². The largest absolute Gasteiger partial charge is 0.488 e. The molecule has 0 rings (SSSR count). The molecule has 0 bridgehead atoms. The summed E-state index contributed by atoms with van der Waals surface area (Å²) in [5, 5.41) is 8.22. The van der Waals surface area contributed by atoms with E-state index in [1.807, 2.05) is 0 Å². The van der Waals surface area contributed by atoms with Crippen LogP contribution in [0, 0.1) is 0 Å². The standard InChI is InChI=1S/C6H10O3/c1-5(8)6(2)9-4-3-7/h7H,2-4H2,1H3. The van der Waals surface area contributed by atoms with Crippen molar-refractivity contribution in [2.75, 3.05) is 13.2 Å². The summed E-state index contributed by atoms with van der Waals surface area (Å²) in [4.78, 5) is 10.3. The van der Waals surface area contributed by atoms with Gasteiger partial charge in [0.05, 0.1) is 6.61 Å². The Kier molecular flexibility index (Phi) is 3.71. The lowest BCUT2D eigenvalue weighted by Crippen LogP contribution is -2.03. The highest BCUT2D eigenvalue weighted by Crippen LogP contribution is 1.92. The first-order chi connectivity index (χ1) is 4.18.